The van der Waals surface area contributed by atoms with Crippen molar-refractivity contribution in [3.05, 3.63) is 24.8 Å². The lowest BCUT2D eigenvalue weighted by atomic mass is 9.85. The smallest absolute Gasteiger partial charge is 0.289 e. The Bertz CT molecular complexity index is 1030. The minimum atomic E-state index is -0.765. The van der Waals surface area contributed by atoms with Gasteiger partial charge in [-0.25, -0.2) is 0 Å². The molecule has 0 unspecified atom stereocenters. The lowest BCUT2D eigenvalue weighted by Gasteiger charge is -2.37. The fourth-order valence-corrected chi connectivity index (χ4v) is 5.01. The van der Waals surface area contributed by atoms with Crippen molar-refractivity contribution in [2.75, 3.05) is 46.2 Å². The Labute approximate surface area is 256 Å². The van der Waals surface area contributed by atoms with Crippen molar-refractivity contribution in [2.24, 2.45) is 10.8 Å². The van der Waals surface area contributed by atoms with Crippen LogP contribution in [0.2, 0.25) is 0 Å². The van der Waals surface area contributed by atoms with Gasteiger partial charge >= 0.3 is 0 Å². The first kappa shape index (κ1) is 36.1. The van der Waals surface area contributed by atoms with Crippen LogP contribution in [0.15, 0.2) is 24.8 Å². The van der Waals surface area contributed by atoms with Crippen molar-refractivity contribution >= 4 is 29.4 Å². The van der Waals surface area contributed by atoms with E-state index in [0.29, 0.717) is 45.4 Å². The summed E-state index contributed by atoms with van der Waals surface area (Å²) in [5.41, 5.74) is -0.597. The molecule has 1 fully saturated rings. The molecule has 43 heavy (non-hydrogen) atoms. The highest BCUT2D eigenvalue weighted by Crippen LogP contribution is 2.26. The molecule has 2 rings (SSSR count). The Morgan fingerprint density at radius 2 is 1.74 bits per heavy atom. The molecule has 0 aromatic carbocycles. The summed E-state index contributed by atoms with van der Waals surface area (Å²) in [5, 5.41) is 11.6. The molecule has 4 N–H and O–H groups in total. The average molecular weight is 605 g/mol. The van der Waals surface area contributed by atoms with Crippen LogP contribution in [0.1, 0.15) is 67.2 Å². The van der Waals surface area contributed by atoms with Crippen molar-refractivity contribution in [1.29, 1.82) is 0 Å². The number of Topliss-reactive ketones (excluding diaryl/α,β-unsaturated/α-hetero) is 1. The van der Waals surface area contributed by atoms with Gasteiger partial charge in [-0.2, -0.15) is 0 Å². The molecule has 242 valence electrons. The summed E-state index contributed by atoms with van der Waals surface area (Å²) in [6, 6.07) is -1.36. The van der Waals surface area contributed by atoms with Crippen molar-refractivity contribution in [1.82, 2.24) is 31.1 Å². The molecule has 12 heteroatoms. The van der Waals surface area contributed by atoms with E-state index < -0.39 is 41.6 Å². The van der Waals surface area contributed by atoms with Gasteiger partial charge in [-0.1, -0.05) is 53.7 Å². The monoisotopic (exact) mass is 604 g/mol. The number of hydrogen-bond acceptors (Lipinski definition) is 8. The second-order valence-corrected chi connectivity index (χ2v) is 13.3. The summed E-state index contributed by atoms with van der Waals surface area (Å²) in [5.74, 6) is -2.18. The van der Waals surface area contributed by atoms with Crippen LogP contribution in [0, 0.1) is 10.8 Å². The first-order valence-electron chi connectivity index (χ1n) is 15.2. The molecule has 12 nitrogen and oxygen atoms in total. The van der Waals surface area contributed by atoms with E-state index in [-0.39, 0.29) is 36.7 Å². The van der Waals surface area contributed by atoms with Crippen LogP contribution < -0.4 is 21.3 Å². The summed E-state index contributed by atoms with van der Waals surface area (Å²) in [4.78, 5) is 66.3. The van der Waals surface area contributed by atoms with Crippen LogP contribution in [0.4, 0.5) is 0 Å². The Hall–Kier alpha value is -3.09. The minimum Gasteiger partial charge on any atom is -0.351 e. The van der Waals surface area contributed by atoms with Gasteiger partial charge in [-0.15, -0.1) is 6.58 Å². The number of nitrogens with zero attached hydrogens (tertiary/aromatic N) is 2. The number of rotatable bonds is 16. The van der Waals surface area contributed by atoms with Gasteiger partial charge in [0.25, 0.3) is 5.91 Å². The zero-order valence-electron chi connectivity index (χ0n) is 26.8. The van der Waals surface area contributed by atoms with Crippen LogP contribution in [-0.4, -0.2) is 104 Å². The van der Waals surface area contributed by atoms with Crippen LogP contribution in [0.5, 0.6) is 0 Å². The zero-order chi connectivity index (χ0) is 32.2. The number of hydrogen-bond donors (Lipinski definition) is 4. The Morgan fingerprint density at radius 1 is 1.05 bits per heavy atom. The second kappa shape index (κ2) is 16.7. The number of likely N-dealkylation sites (tertiary alicyclic amines) is 1. The van der Waals surface area contributed by atoms with Crippen molar-refractivity contribution in [3.63, 3.8) is 0 Å². The SMILES string of the molecule is C=CCCNC(=O)C(=O)CNC(=O)[C@@H]1CCCN1C(=O)[C@@H](NCOCN[C@H](CN1CCC=CC1=O)C(C)(C)C)C(C)(C)C. The molecule has 0 aromatic rings. The zero-order valence-corrected chi connectivity index (χ0v) is 26.8. The lowest BCUT2D eigenvalue weighted by molar-refractivity contribution is -0.143. The normalized spacial score (nSPS) is 18.7. The number of amides is 4. The number of carbonyl (C=O) groups is 5. The predicted molar refractivity (Wildman–Crippen MR) is 164 cm³/mol. The van der Waals surface area contributed by atoms with Gasteiger partial charge in [-0.05, 0) is 42.6 Å². The Balaban J connectivity index is 1.90. The number of carbonyl (C=O) groups excluding carboxylic acids is 5. The molecular weight excluding hydrogens is 552 g/mol. The van der Waals surface area contributed by atoms with Gasteiger partial charge in [0.05, 0.1) is 26.0 Å². The van der Waals surface area contributed by atoms with E-state index >= 15 is 0 Å². The Morgan fingerprint density at radius 3 is 2.37 bits per heavy atom. The van der Waals surface area contributed by atoms with Crippen LogP contribution >= 0.6 is 0 Å². The maximum absolute atomic E-state index is 13.7. The number of nitrogens with one attached hydrogen (secondary N) is 4. The fraction of sp³-hybridized carbons (Fsp3) is 0.710. The molecular formula is C31H52N6O6. The molecule has 0 saturated carbocycles. The highest BCUT2D eigenvalue weighted by molar-refractivity contribution is 6.37. The maximum Gasteiger partial charge on any atom is 0.289 e. The van der Waals surface area contributed by atoms with Gasteiger partial charge < -0.3 is 25.2 Å². The molecule has 2 aliphatic rings. The van der Waals surface area contributed by atoms with E-state index in [1.165, 1.54) is 0 Å². The summed E-state index contributed by atoms with van der Waals surface area (Å²) < 4.78 is 5.84. The van der Waals surface area contributed by atoms with Gasteiger partial charge in [0.2, 0.25) is 23.5 Å². The van der Waals surface area contributed by atoms with Gasteiger partial charge in [-0.3, -0.25) is 34.6 Å². The topological polar surface area (TPSA) is 149 Å². The molecule has 0 spiro atoms. The van der Waals surface area contributed by atoms with Crippen molar-refractivity contribution in [3.8, 4) is 0 Å². The van der Waals surface area contributed by atoms with Crippen LogP contribution in [-0.2, 0) is 28.7 Å². The summed E-state index contributed by atoms with van der Waals surface area (Å²) in [7, 11) is 0. The van der Waals surface area contributed by atoms with E-state index in [1.54, 1.807) is 17.1 Å². The average Bonchev–Trinajstić information content (AvgIpc) is 3.42. The van der Waals surface area contributed by atoms with Gasteiger partial charge in [0.15, 0.2) is 0 Å². The van der Waals surface area contributed by atoms with E-state index in [1.807, 2.05) is 31.7 Å². The quantitative estimate of drug-likeness (QED) is 0.0886. The third-order valence-electron chi connectivity index (χ3n) is 7.67. The van der Waals surface area contributed by atoms with Crippen LogP contribution in [0.25, 0.3) is 0 Å². The molecule has 4 amide bonds. The number of ether oxygens (including phenoxy) is 1. The molecule has 2 heterocycles. The van der Waals surface area contributed by atoms with E-state index in [4.69, 9.17) is 4.74 Å². The maximum atomic E-state index is 13.7. The standard InChI is InChI=1S/C31H52N6O6/c1-8-9-15-32-28(41)23(38)18-33-27(40)22-13-12-17-37(22)29(42)26(31(5,6)7)35-21-43-20-34-24(30(2,3)4)19-36-16-11-10-14-25(36)39/h8,10,14,22,24,26,34-35H,1,9,11-13,15-21H2,2-7H3,(H,32,41)(H,33,40)/t22-,24+,26+/m0/s1. The number of ketones is 1. The molecule has 0 bridgehead atoms. The van der Waals surface area contributed by atoms with Crippen molar-refractivity contribution < 1.29 is 28.7 Å². The Kier molecular flexibility index (Phi) is 14.0. The predicted octanol–water partition coefficient (Wildman–Crippen LogP) is 1.08. The highest BCUT2D eigenvalue weighted by Gasteiger charge is 2.41. The summed E-state index contributed by atoms with van der Waals surface area (Å²) in [6.45, 7) is 17.6. The second-order valence-electron chi connectivity index (χ2n) is 13.3. The van der Waals surface area contributed by atoms with Crippen molar-refractivity contribution in [2.45, 2.75) is 85.4 Å². The van der Waals surface area contributed by atoms with E-state index in [9.17, 15) is 24.0 Å². The largest absolute Gasteiger partial charge is 0.351 e. The van der Waals surface area contributed by atoms with Gasteiger partial charge in [0, 0.05) is 32.2 Å². The fourth-order valence-electron chi connectivity index (χ4n) is 5.01. The molecule has 1 saturated heterocycles. The third kappa shape index (κ3) is 11.5. The highest BCUT2D eigenvalue weighted by atomic mass is 16.5. The molecule has 0 radical (unpaired) electrons. The van der Waals surface area contributed by atoms with Crippen LogP contribution in [0.3, 0.4) is 0 Å². The first-order valence-corrected chi connectivity index (χ1v) is 15.2. The molecule has 3 atom stereocenters. The molecule has 0 aromatic heterocycles. The van der Waals surface area contributed by atoms with Gasteiger partial charge in [0.1, 0.15) is 6.04 Å². The van der Waals surface area contributed by atoms with E-state index in [0.717, 1.165) is 6.42 Å². The minimum absolute atomic E-state index is 0.00281. The summed E-state index contributed by atoms with van der Waals surface area (Å²) >= 11 is 0. The molecule has 0 aliphatic carbocycles. The van der Waals surface area contributed by atoms with E-state index in [2.05, 4.69) is 48.6 Å². The third-order valence-corrected chi connectivity index (χ3v) is 7.67. The molecule has 2 aliphatic heterocycles. The summed E-state index contributed by atoms with van der Waals surface area (Å²) in [6.07, 6.45) is 7.64. The first-order chi connectivity index (χ1) is 20.2. The lowest BCUT2D eigenvalue weighted by Crippen LogP contribution is -2.57.